The molecule has 0 saturated carbocycles. The van der Waals surface area contributed by atoms with E-state index in [0.29, 0.717) is 17.3 Å². The molecule has 32 heavy (non-hydrogen) atoms. The first-order chi connectivity index (χ1) is 14.9. The van der Waals surface area contributed by atoms with Gasteiger partial charge in [0.15, 0.2) is 0 Å². The molecule has 0 radical (unpaired) electrons. The van der Waals surface area contributed by atoms with Gasteiger partial charge in [-0.1, -0.05) is 19.1 Å². The van der Waals surface area contributed by atoms with Crippen LogP contribution in [-0.4, -0.2) is 36.5 Å². The lowest BCUT2D eigenvalue weighted by molar-refractivity contribution is 0.459. The number of nitrogens with two attached hydrogens (primary N) is 1. The summed E-state index contributed by atoms with van der Waals surface area (Å²) < 4.78 is 39.7. The number of hydrogen-bond acceptors (Lipinski definition) is 7. The second-order valence-electron chi connectivity index (χ2n) is 7.54. The Balaban J connectivity index is 0.00000289. The van der Waals surface area contributed by atoms with E-state index in [1.807, 2.05) is 0 Å². The summed E-state index contributed by atoms with van der Waals surface area (Å²) in [4.78, 5) is 13.9. The second-order valence-corrected chi connectivity index (χ2v) is 10.3. The van der Waals surface area contributed by atoms with Gasteiger partial charge in [0.1, 0.15) is 17.4 Å². The Hall–Kier alpha value is -1.98. The maximum atomic E-state index is 15.7. The lowest BCUT2D eigenvalue weighted by Gasteiger charge is -2.20. The fraction of sp³-hybridized carbons (Fsp3) is 0.381. The Morgan fingerprint density at radius 3 is 2.66 bits per heavy atom. The number of halogens is 2. The summed E-state index contributed by atoms with van der Waals surface area (Å²) in [6.45, 7) is 3.50. The molecule has 4 rings (SSSR count). The molecule has 1 atom stereocenters. The number of primary sulfonamides is 1. The van der Waals surface area contributed by atoms with Crippen LogP contribution in [-0.2, 0) is 10.0 Å². The van der Waals surface area contributed by atoms with Crippen molar-refractivity contribution in [3.05, 3.63) is 53.2 Å². The van der Waals surface area contributed by atoms with Gasteiger partial charge in [-0.25, -0.2) is 32.9 Å². The average Bonchev–Trinajstić information content (AvgIpc) is 3.21. The summed E-state index contributed by atoms with van der Waals surface area (Å²) in [6.07, 6.45) is 5.18. The van der Waals surface area contributed by atoms with E-state index in [4.69, 9.17) is 10.1 Å². The van der Waals surface area contributed by atoms with E-state index in [9.17, 15) is 8.42 Å². The number of thiazole rings is 1. The molecule has 3 aromatic rings. The van der Waals surface area contributed by atoms with Crippen LogP contribution < -0.4 is 10.5 Å². The first kappa shape index (κ1) is 24.7. The third-order valence-electron chi connectivity index (χ3n) is 5.54. The van der Waals surface area contributed by atoms with E-state index in [0.717, 1.165) is 35.8 Å². The molecule has 0 spiro atoms. The lowest BCUT2D eigenvalue weighted by Crippen LogP contribution is -2.26. The van der Waals surface area contributed by atoms with Gasteiger partial charge < -0.3 is 5.32 Å². The first-order valence-electron chi connectivity index (χ1n) is 10.2. The fourth-order valence-corrected chi connectivity index (χ4v) is 6.20. The largest absolute Gasteiger partial charge is 0.317 e. The number of benzene rings is 1. The quantitative estimate of drug-likeness (QED) is 0.531. The van der Waals surface area contributed by atoms with Crippen molar-refractivity contribution in [3.63, 3.8) is 0 Å². The molecule has 3 heterocycles. The van der Waals surface area contributed by atoms with Crippen molar-refractivity contribution in [2.24, 2.45) is 5.14 Å². The minimum Gasteiger partial charge on any atom is -0.317 e. The van der Waals surface area contributed by atoms with Crippen LogP contribution in [0.1, 0.15) is 47.9 Å². The molecule has 0 aliphatic carbocycles. The van der Waals surface area contributed by atoms with Crippen LogP contribution in [0.15, 0.2) is 36.8 Å². The molecule has 7 nitrogen and oxygen atoms in total. The van der Waals surface area contributed by atoms with Crippen molar-refractivity contribution in [2.75, 3.05) is 13.1 Å². The zero-order valence-corrected chi connectivity index (χ0v) is 19.9. The van der Waals surface area contributed by atoms with Gasteiger partial charge >= 0.3 is 0 Å². The molecule has 172 valence electrons. The summed E-state index contributed by atoms with van der Waals surface area (Å²) in [6, 6.07) is 6.52. The maximum Gasteiger partial charge on any atom is 0.216 e. The summed E-state index contributed by atoms with van der Waals surface area (Å²) in [5.41, 5.74) is 1.45. The Morgan fingerprint density at radius 1 is 1.28 bits per heavy atom. The van der Waals surface area contributed by atoms with Gasteiger partial charge in [-0.15, -0.1) is 23.7 Å². The Bertz CT molecular complexity index is 1170. The number of piperidine rings is 1. The van der Waals surface area contributed by atoms with Gasteiger partial charge in [0, 0.05) is 23.2 Å². The van der Waals surface area contributed by atoms with Crippen LogP contribution in [0.25, 0.3) is 21.8 Å². The number of aromatic nitrogens is 3. The summed E-state index contributed by atoms with van der Waals surface area (Å²) >= 11 is 1.51. The molecule has 3 N–H and O–H groups in total. The van der Waals surface area contributed by atoms with Gasteiger partial charge in [-0.05, 0) is 44.5 Å². The van der Waals surface area contributed by atoms with Crippen molar-refractivity contribution < 1.29 is 12.8 Å². The Morgan fingerprint density at radius 2 is 2.03 bits per heavy atom. The molecule has 11 heteroatoms. The minimum atomic E-state index is -3.95. The van der Waals surface area contributed by atoms with Gasteiger partial charge in [-0.3, -0.25) is 0 Å². The van der Waals surface area contributed by atoms with Gasteiger partial charge in [-0.2, -0.15) is 0 Å². The zero-order valence-electron chi connectivity index (χ0n) is 17.5. The molecular weight excluding hydrogens is 473 g/mol. The Kier molecular flexibility index (Phi) is 7.94. The molecule has 1 fully saturated rings. The van der Waals surface area contributed by atoms with Crippen molar-refractivity contribution in [1.82, 2.24) is 20.3 Å². The predicted octanol–water partition coefficient (Wildman–Crippen LogP) is 4.03. The predicted molar refractivity (Wildman–Crippen MR) is 127 cm³/mol. The number of sulfonamides is 1. The second kappa shape index (κ2) is 10.3. The number of nitrogens with one attached hydrogen (secondary N) is 1. The highest BCUT2D eigenvalue weighted by Crippen LogP contribution is 2.42. The van der Waals surface area contributed by atoms with Crippen molar-refractivity contribution in [1.29, 1.82) is 0 Å². The fourth-order valence-electron chi connectivity index (χ4n) is 3.97. The highest BCUT2D eigenvalue weighted by atomic mass is 35.5. The van der Waals surface area contributed by atoms with E-state index >= 15 is 4.39 Å². The van der Waals surface area contributed by atoms with Gasteiger partial charge in [0.2, 0.25) is 10.0 Å². The molecule has 1 aromatic carbocycles. The lowest BCUT2D eigenvalue weighted by atomic mass is 9.98. The van der Waals surface area contributed by atoms with E-state index in [-0.39, 0.29) is 30.0 Å². The summed E-state index contributed by atoms with van der Waals surface area (Å²) in [7, 11) is -3.95. The summed E-state index contributed by atoms with van der Waals surface area (Å²) in [5, 5.41) is 8.54. The molecule has 1 unspecified atom stereocenters. The van der Waals surface area contributed by atoms with Crippen LogP contribution >= 0.6 is 23.7 Å². The van der Waals surface area contributed by atoms with Gasteiger partial charge in [0.25, 0.3) is 0 Å². The first-order valence-corrected chi connectivity index (χ1v) is 12.6. The third kappa shape index (κ3) is 4.99. The van der Waals surface area contributed by atoms with Gasteiger partial charge in [0.05, 0.1) is 21.3 Å². The van der Waals surface area contributed by atoms with E-state index in [1.54, 1.807) is 31.3 Å². The topological polar surface area (TPSA) is 111 Å². The van der Waals surface area contributed by atoms with E-state index in [2.05, 4.69) is 15.3 Å². The zero-order chi connectivity index (χ0) is 22.0. The maximum absolute atomic E-state index is 15.7. The normalized spacial score (nSPS) is 15.8. The molecule has 1 aliphatic rings. The number of rotatable bonds is 6. The molecule has 2 aromatic heterocycles. The van der Waals surface area contributed by atoms with Crippen molar-refractivity contribution >= 4 is 33.8 Å². The summed E-state index contributed by atoms with van der Waals surface area (Å²) in [5.74, 6) is -0.319. The van der Waals surface area contributed by atoms with Crippen LogP contribution in [0.3, 0.4) is 0 Å². The van der Waals surface area contributed by atoms with Crippen molar-refractivity contribution in [3.8, 4) is 21.8 Å². The number of nitrogens with zero attached hydrogens (tertiary/aromatic N) is 3. The molecule has 1 aliphatic heterocycles. The molecule has 0 amide bonds. The smallest absolute Gasteiger partial charge is 0.216 e. The van der Waals surface area contributed by atoms with Crippen LogP contribution in [0.4, 0.5) is 4.39 Å². The van der Waals surface area contributed by atoms with Crippen molar-refractivity contribution in [2.45, 2.75) is 37.4 Å². The average molecular weight is 498 g/mol. The van der Waals surface area contributed by atoms with Crippen LogP contribution in [0, 0.1) is 5.82 Å². The molecular formula is C21H25ClFN5O2S2. The van der Waals surface area contributed by atoms with Crippen LogP contribution in [0.5, 0.6) is 0 Å². The number of hydrogen-bond donors (Lipinski definition) is 2. The molecule has 0 bridgehead atoms. The highest BCUT2D eigenvalue weighted by Gasteiger charge is 2.29. The standard InChI is InChI=1S/C21H24FN5O2S2.ClH/c1-2-17(31(23,28)29)14-4-3-5-15(18(14)22)19-20(16-8-11-25-12-26-16)30-21(27-19)13-6-9-24-10-7-13;/h3-5,8,11-13,17,24H,2,6-7,9-10H2,1H3,(H2,23,28,29);1H. The SMILES string of the molecule is CCC(c1cccc(-c2nc(C3CCNCC3)sc2-c2ccncn2)c1F)S(N)(=O)=O.Cl. The molecule has 1 saturated heterocycles. The monoisotopic (exact) mass is 497 g/mol. The third-order valence-corrected chi connectivity index (χ3v) is 8.17. The van der Waals surface area contributed by atoms with E-state index in [1.165, 1.54) is 23.7 Å². The van der Waals surface area contributed by atoms with Crippen LogP contribution in [0.2, 0.25) is 0 Å². The highest BCUT2D eigenvalue weighted by molar-refractivity contribution is 7.89. The minimum absolute atomic E-state index is 0. The Labute approximate surface area is 197 Å². The van der Waals surface area contributed by atoms with E-state index < -0.39 is 21.1 Å².